The fraction of sp³-hybridized carbons (Fsp3) is 0.200. The lowest BCUT2D eigenvalue weighted by molar-refractivity contribution is -0.115. The number of fused-ring (bicyclic) bond motifs is 1. The number of anilines is 1. The topological polar surface area (TPSA) is 83.6 Å². The molecule has 0 spiro atoms. The third-order valence-corrected chi connectivity index (χ3v) is 5.22. The summed E-state index contributed by atoms with van der Waals surface area (Å²) in [5, 5.41) is 4.09. The molecule has 0 saturated carbocycles. The zero-order valence-electron chi connectivity index (χ0n) is 12.6. The van der Waals surface area contributed by atoms with E-state index in [0.29, 0.717) is 32.8 Å². The lowest BCUT2D eigenvalue weighted by atomic mass is 10.2. The monoisotopic (exact) mass is 381 g/mol. The standard InChI is InChI=1S/C15H13Cl2N5OS/c1-2-11(14(23)22-10-5-8(16)3-4-9(10)17)24-15-12-13(19-6-18-12)20-7-21-15/h3-7,11H,2H2,1H3,(H,22,23)(H,18,19,20,21)/t11-/m0/s1. The average molecular weight is 382 g/mol. The number of amides is 1. The predicted molar refractivity (Wildman–Crippen MR) is 96.7 cm³/mol. The van der Waals surface area contributed by atoms with Crippen molar-refractivity contribution in [2.45, 2.75) is 23.6 Å². The Kier molecular flexibility index (Phi) is 5.23. The molecule has 0 bridgehead atoms. The number of thioether (sulfide) groups is 1. The molecule has 0 aliphatic heterocycles. The van der Waals surface area contributed by atoms with Crippen LogP contribution in [-0.4, -0.2) is 31.1 Å². The number of aromatic amines is 1. The first kappa shape index (κ1) is 17.0. The average Bonchev–Trinajstić information content (AvgIpc) is 3.05. The maximum Gasteiger partial charge on any atom is 0.237 e. The van der Waals surface area contributed by atoms with Gasteiger partial charge < -0.3 is 10.3 Å². The summed E-state index contributed by atoms with van der Waals surface area (Å²) < 4.78 is 0. The van der Waals surface area contributed by atoms with E-state index < -0.39 is 0 Å². The molecule has 0 saturated heterocycles. The molecule has 2 aromatic heterocycles. The van der Waals surface area contributed by atoms with Crippen LogP contribution >= 0.6 is 35.0 Å². The Morgan fingerprint density at radius 1 is 1.33 bits per heavy atom. The molecule has 2 N–H and O–H groups in total. The van der Waals surface area contributed by atoms with Crippen molar-refractivity contribution in [3.8, 4) is 0 Å². The van der Waals surface area contributed by atoms with E-state index in [1.54, 1.807) is 24.5 Å². The lowest BCUT2D eigenvalue weighted by Gasteiger charge is -2.15. The van der Waals surface area contributed by atoms with Gasteiger partial charge in [0.2, 0.25) is 5.91 Å². The fourth-order valence-electron chi connectivity index (χ4n) is 2.10. The fourth-order valence-corrected chi connectivity index (χ4v) is 3.41. The van der Waals surface area contributed by atoms with Gasteiger partial charge in [0.15, 0.2) is 5.65 Å². The Bertz CT molecular complexity index is 885. The summed E-state index contributed by atoms with van der Waals surface area (Å²) in [5.74, 6) is -0.169. The van der Waals surface area contributed by atoms with Crippen LogP contribution in [0.3, 0.4) is 0 Å². The number of carbonyl (C=O) groups excluding carboxylic acids is 1. The van der Waals surface area contributed by atoms with Crippen molar-refractivity contribution in [1.82, 2.24) is 19.9 Å². The summed E-state index contributed by atoms with van der Waals surface area (Å²) in [4.78, 5) is 28.0. The number of hydrogen-bond acceptors (Lipinski definition) is 5. The first-order valence-corrected chi connectivity index (χ1v) is 8.78. The molecule has 0 radical (unpaired) electrons. The predicted octanol–water partition coefficient (Wildman–Crippen LogP) is 4.17. The molecular weight excluding hydrogens is 369 g/mol. The van der Waals surface area contributed by atoms with E-state index in [1.165, 1.54) is 18.1 Å². The third-order valence-electron chi connectivity index (χ3n) is 3.29. The van der Waals surface area contributed by atoms with Gasteiger partial charge in [-0.3, -0.25) is 4.79 Å². The minimum atomic E-state index is -0.346. The largest absolute Gasteiger partial charge is 0.341 e. The number of benzene rings is 1. The van der Waals surface area contributed by atoms with Gasteiger partial charge in [-0.15, -0.1) is 0 Å². The minimum absolute atomic E-state index is 0.169. The molecule has 0 unspecified atom stereocenters. The number of halogens is 2. The van der Waals surface area contributed by atoms with E-state index in [-0.39, 0.29) is 11.2 Å². The van der Waals surface area contributed by atoms with Crippen molar-refractivity contribution < 1.29 is 4.79 Å². The van der Waals surface area contributed by atoms with Crippen LogP contribution in [0.15, 0.2) is 35.9 Å². The molecule has 1 atom stereocenters. The van der Waals surface area contributed by atoms with E-state index in [9.17, 15) is 4.79 Å². The number of carbonyl (C=O) groups is 1. The van der Waals surface area contributed by atoms with E-state index >= 15 is 0 Å². The van der Waals surface area contributed by atoms with Gasteiger partial charge in [0.05, 0.1) is 22.3 Å². The van der Waals surface area contributed by atoms with Crippen LogP contribution in [0.5, 0.6) is 0 Å². The van der Waals surface area contributed by atoms with Crippen molar-refractivity contribution in [1.29, 1.82) is 0 Å². The van der Waals surface area contributed by atoms with Gasteiger partial charge in [0, 0.05) is 5.02 Å². The first-order valence-electron chi connectivity index (χ1n) is 7.15. The highest BCUT2D eigenvalue weighted by Crippen LogP contribution is 2.30. The number of imidazole rings is 1. The molecule has 2 heterocycles. The Morgan fingerprint density at radius 2 is 2.17 bits per heavy atom. The summed E-state index contributed by atoms with van der Waals surface area (Å²) in [5.41, 5.74) is 1.78. The second-order valence-electron chi connectivity index (χ2n) is 4.91. The SMILES string of the molecule is CC[C@H](Sc1ncnc2nc[nH]c12)C(=O)Nc1cc(Cl)ccc1Cl. The van der Waals surface area contributed by atoms with Gasteiger partial charge in [-0.05, 0) is 24.6 Å². The molecule has 0 aliphatic rings. The lowest BCUT2D eigenvalue weighted by Crippen LogP contribution is -2.24. The molecule has 6 nitrogen and oxygen atoms in total. The van der Waals surface area contributed by atoms with Gasteiger partial charge >= 0.3 is 0 Å². The van der Waals surface area contributed by atoms with Gasteiger partial charge in [-0.2, -0.15) is 0 Å². The third kappa shape index (κ3) is 3.63. The van der Waals surface area contributed by atoms with E-state index in [1.807, 2.05) is 6.92 Å². The van der Waals surface area contributed by atoms with Gasteiger partial charge in [-0.1, -0.05) is 41.9 Å². The summed E-state index contributed by atoms with van der Waals surface area (Å²) in [6, 6.07) is 4.94. The second kappa shape index (κ2) is 7.38. The summed E-state index contributed by atoms with van der Waals surface area (Å²) >= 11 is 13.4. The molecule has 1 aromatic carbocycles. The zero-order chi connectivity index (χ0) is 17.1. The van der Waals surface area contributed by atoms with Crippen LogP contribution in [0.25, 0.3) is 11.2 Å². The Labute approximate surface area is 152 Å². The number of rotatable bonds is 5. The summed E-state index contributed by atoms with van der Waals surface area (Å²) in [6.07, 6.45) is 3.61. The highest BCUT2D eigenvalue weighted by atomic mass is 35.5. The normalized spacial score (nSPS) is 12.3. The van der Waals surface area contributed by atoms with Crippen LogP contribution in [0.2, 0.25) is 10.0 Å². The van der Waals surface area contributed by atoms with Gasteiger partial charge in [0.1, 0.15) is 16.9 Å². The van der Waals surface area contributed by atoms with Crippen molar-refractivity contribution >= 4 is 57.7 Å². The number of nitrogens with one attached hydrogen (secondary N) is 2. The summed E-state index contributed by atoms with van der Waals surface area (Å²) in [7, 11) is 0. The quantitative estimate of drug-likeness (QED) is 0.511. The van der Waals surface area contributed by atoms with Crippen molar-refractivity contribution in [3.05, 3.63) is 40.9 Å². The van der Waals surface area contributed by atoms with Crippen LogP contribution in [0.1, 0.15) is 13.3 Å². The first-order chi connectivity index (χ1) is 11.6. The minimum Gasteiger partial charge on any atom is -0.341 e. The molecule has 124 valence electrons. The van der Waals surface area contributed by atoms with Crippen LogP contribution in [-0.2, 0) is 4.79 Å². The molecule has 9 heteroatoms. The van der Waals surface area contributed by atoms with Crippen LogP contribution in [0, 0.1) is 0 Å². The Balaban J connectivity index is 1.79. The molecule has 24 heavy (non-hydrogen) atoms. The maximum atomic E-state index is 12.6. The Hall–Kier alpha value is -1.83. The van der Waals surface area contributed by atoms with E-state index in [4.69, 9.17) is 23.2 Å². The number of aromatic nitrogens is 4. The second-order valence-corrected chi connectivity index (χ2v) is 6.94. The number of nitrogens with zero attached hydrogens (tertiary/aromatic N) is 3. The van der Waals surface area contributed by atoms with Crippen molar-refractivity contribution in [3.63, 3.8) is 0 Å². The smallest absolute Gasteiger partial charge is 0.237 e. The molecule has 0 fully saturated rings. The van der Waals surface area contributed by atoms with Crippen molar-refractivity contribution in [2.75, 3.05) is 5.32 Å². The molecular formula is C15H13Cl2N5OS. The molecule has 0 aliphatic carbocycles. The zero-order valence-corrected chi connectivity index (χ0v) is 14.9. The maximum absolute atomic E-state index is 12.6. The number of hydrogen-bond donors (Lipinski definition) is 2. The Morgan fingerprint density at radius 3 is 2.96 bits per heavy atom. The van der Waals surface area contributed by atoms with Gasteiger partial charge in [-0.25, -0.2) is 15.0 Å². The van der Waals surface area contributed by atoms with E-state index in [0.717, 1.165) is 5.52 Å². The van der Waals surface area contributed by atoms with Crippen LogP contribution < -0.4 is 5.32 Å². The summed E-state index contributed by atoms with van der Waals surface area (Å²) in [6.45, 7) is 1.93. The molecule has 3 aromatic rings. The highest BCUT2D eigenvalue weighted by Gasteiger charge is 2.21. The molecule has 3 rings (SSSR count). The van der Waals surface area contributed by atoms with E-state index in [2.05, 4.69) is 25.3 Å². The highest BCUT2D eigenvalue weighted by molar-refractivity contribution is 8.00. The van der Waals surface area contributed by atoms with Crippen molar-refractivity contribution in [2.24, 2.45) is 0 Å². The number of H-pyrrole nitrogens is 1. The van der Waals surface area contributed by atoms with Gasteiger partial charge in [0.25, 0.3) is 0 Å². The molecule has 1 amide bonds. The van der Waals surface area contributed by atoms with Crippen LogP contribution in [0.4, 0.5) is 5.69 Å².